The Hall–Kier alpha value is -0.330. The van der Waals surface area contributed by atoms with Crippen molar-refractivity contribution in [2.75, 3.05) is 32.3 Å². The van der Waals surface area contributed by atoms with E-state index in [0.717, 1.165) is 4.31 Å². The molecule has 0 saturated heterocycles. The van der Waals surface area contributed by atoms with Crippen LogP contribution in [0.15, 0.2) is 0 Å². The molecule has 0 bridgehead atoms. The van der Waals surface area contributed by atoms with Crippen molar-refractivity contribution < 1.29 is 13.2 Å². The van der Waals surface area contributed by atoms with Crippen molar-refractivity contribution in [1.29, 1.82) is 0 Å². The van der Waals surface area contributed by atoms with Gasteiger partial charge < -0.3 is 5.32 Å². The molecule has 0 aromatic heterocycles. The second-order valence-electron chi connectivity index (χ2n) is 2.79. The lowest BCUT2D eigenvalue weighted by Gasteiger charge is -2.15. The molecule has 5 nitrogen and oxygen atoms in total. The maximum absolute atomic E-state index is 11.4. The Morgan fingerprint density at radius 1 is 1.50 bits per heavy atom. The fraction of sp³-hybridized carbons (Fsp3) is 0.857. The summed E-state index contributed by atoms with van der Waals surface area (Å²) in [5.41, 5.74) is 0. The van der Waals surface area contributed by atoms with Crippen molar-refractivity contribution in [1.82, 2.24) is 9.62 Å². The van der Waals surface area contributed by atoms with E-state index in [-0.39, 0.29) is 18.2 Å². The summed E-state index contributed by atoms with van der Waals surface area (Å²) < 4.78 is 23.9. The molecule has 7 heteroatoms. The van der Waals surface area contributed by atoms with Gasteiger partial charge >= 0.3 is 0 Å². The summed E-state index contributed by atoms with van der Waals surface area (Å²) in [6, 6.07) is 0. The molecule has 0 saturated carbocycles. The zero-order valence-corrected chi connectivity index (χ0v) is 9.86. The van der Waals surface area contributed by atoms with Crippen LogP contribution < -0.4 is 5.32 Å². The average molecular weight is 243 g/mol. The van der Waals surface area contributed by atoms with Crippen LogP contribution >= 0.6 is 11.6 Å². The largest absolute Gasteiger partial charge is 0.358 e. The number of carbonyl (C=O) groups is 1. The Labute approximate surface area is 89.5 Å². The first-order valence-corrected chi connectivity index (χ1v) is 6.29. The summed E-state index contributed by atoms with van der Waals surface area (Å²) >= 11 is 5.38. The van der Waals surface area contributed by atoms with Crippen LogP contribution in [0.2, 0.25) is 0 Å². The zero-order valence-electron chi connectivity index (χ0n) is 8.29. The predicted molar refractivity (Wildman–Crippen MR) is 55.8 cm³/mol. The van der Waals surface area contributed by atoms with Crippen molar-refractivity contribution in [3.8, 4) is 0 Å². The SMILES string of the molecule is CNC(=O)CN(C)S(=O)(=O)CCCCl. The van der Waals surface area contributed by atoms with Gasteiger partial charge in [0.25, 0.3) is 0 Å². The van der Waals surface area contributed by atoms with E-state index in [9.17, 15) is 13.2 Å². The number of sulfonamides is 1. The number of hydrogen-bond donors (Lipinski definition) is 1. The van der Waals surface area contributed by atoms with E-state index in [4.69, 9.17) is 11.6 Å². The van der Waals surface area contributed by atoms with Gasteiger partial charge in [-0.05, 0) is 6.42 Å². The van der Waals surface area contributed by atoms with Gasteiger partial charge in [0.2, 0.25) is 15.9 Å². The molecule has 0 rings (SSSR count). The lowest BCUT2D eigenvalue weighted by Crippen LogP contribution is -2.38. The number of nitrogens with zero attached hydrogens (tertiary/aromatic N) is 1. The molecule has 14 heavy (non-hydrogen) atoms. The van der Waals surface area contributed by atoms with Gasteiger partial charge in [0.1, 0.15) is 0 Å². The molecule has 0 atom stereocenters. The van der Waals surface area contributed by atoms with Gasteiger partial charge in [-0.2, -0.15) is 4.31 Å². The minimum absolute atomic E-state index is 0.0238. The van der Waals surface area contributed by atoms with Crippen LogP contribution in [-0.4, -0.2) is 50.9 Å². The maximum atomic E-state index is 11.4. The maximum Gasteiger partial charge on any atom is 0.235 e. The first-order valence-electron chi connectivity index (χ1n) is 4.14. The highest BCUT2D eigenvalue weighted by Gasteiger charge is 2.19. The number of alkyl halides is 1. The van der Waals surface area contributed by atoms with Gasteiger partial charge in [-0.3, -0.25) is 4.79 Å². The van der Waals surface area contributed by atoms with E-state index < -0.39 is 10.0 Å². The standard InChI is InChI=1S/C7H15ClN2O3S/c1-9-7(11)6-10(2)14(12,13)5-3-4-8/h3-6H2,1-2H3,(H,9,11). The minimum Gasteiger partial charge on any atom is -0.358 e. The number of hydrogen-bond acceptors (Lipinski definition) is 3. The molecule has 1 N–H and O–H groups in total. The highest BCUT2D eigenvalue weighted by molar-refractivity contribution is 7.89. The van der Waals surface area contributed by atoms with Crippen molar-refractivity contribution in [2.24, 2.45) is 0 Å². The lowest BCUT2D eigenvalue weighted by molar-refractivity contribution is -0.120. The first-order chi connectivity index (χ1) is 6.44. The summed E-state index contributed by atoms with van der Waals surface area (Å²) in [5, 5.41) is 2.35. The number of carbonyl (C=O) groups excluding carboxylic acids is 1. The molecule has 1 amide bonds. The monoisotopic (exact) mass is 242 g/mol. The topological polar surface area (TPSA) is 66.5 Å². The third-order valence-corrected chi connectivity index (χ3v) is 3.81. The molecule has 0 fully saturated rings. The van der Waals surface area contributed by atoms with Crippen molar-refractivity contribution in [3.63, 3.8) is 0 Å². The summed E-state index contributed by atoms with van der Waals surface area (Å²) in [6.07, 6.45) is 0.391. The van der Waals surface area contributed by atoms with Crippen molar-refractivity contribution in [2.45, 2.75) is 6.42 Å². The van der Waals surface area contributed by atoms with Crippen LogP contribution in [0.1, 0.15) is 6.42 Å². The van der Waals surface area contributed by atoms with Crippen molar-refractivity contribution in [3.05, 3.63) is 0 Å². The molecular formula is C7H15ClN2O3S. The molecule has 0 spiro atoms. The van der Waals surface area contributed by atoms with E-state index >= 15 is 0 Å². The van der Waals surface area contributed by atoms with Gasteiger partial charge in [-0.1, -0.05) is 0 Å². The predicted octanol–water partition coefficient (Wildman–Crippen LogP) is -0.377. The molecule has 0 aromatic carbocycles. The van der Waals surface area contributed by atoms with Crippen LogP contribution in [-0.2, 0) is 14.8 Å². The zero-order chi connectivity index (χ0) is 11.2. The Bertz CT molecular complexity index is 279. The molecular weight excluding hydrogens is 228 g/mol. The Balaban J connectivity index is 4.21. The van der Waals surface area contributed by atoms with Gasteiger partial charge in [-0.25, -0.2) is 8.42 Å². The van der Waals surface area contributed by atoms with Gasteiger partial charge in [0.15, 0.2) is 0 Å². The van der Waals surface area contributed by atoms with E-state index in [1.807, 2.05) is 0 Å². The van der Waals surface area contributed by atoms with Crippen LogP contribution in [0, 0.1) is 0 Å². The summed E-state index contributed by atoms with van der Waals surface area (Å²) in [6.45, 7) is -0.152. The molecule has 84 valence electrons. The lowest BCUT2D eigenvalue weighted by atomic mass is 10.6. The Kier molecular flexibility index (Phi) is 6.06. The molecule has 0 radical (unpaired) electrons. The van der Waals surface area contributed by atoms with Crippen LogP contribution in [0.3, 0.4) is 0 Å². The quantitative estimate of drug-likeness (QED) is 0.646. The smallest absolute Gasteiger partial charge is 0.235 e. The second kappa shape index (κ2) is 6.21. The fourth-order valence-corrected chi connectivity index (χ4v) is 2.20. The third-order valence-electron chi connectivity index (χ3n) is 1.66. The van der Waals surface area contributed by atoms with Gasteiger partial charge in [0.05, 0.1) is 12.3 Å². The minimum atomic E-state index is -3.34. The molecule has 0 unspecified atom stereocenters. The first kappa shape index (κ1) is 13.7. The number of amides is 1. The molecule has 0 heterocycles. The van der Waals surface area contributed by atoms with E-state index in [0.29, 0.717) is 12.3 Å². The van der Waals surface area contributed by atoms with Crippen molar-refractivity contribution >= 4 is 27.5 Å². The molecule has 0 aromatic rings. The number of rotatable bonds is 6. The highest BCUT2D eigenvalue weighted by atomic mass is 35.5. The summed E-state index contributed by atoms with van der Waals surface area (Å²) in [7, 11) is -0.506. The number of nitrogens with one attached hydrogen (secondary N) is 1. The Morgan fingerprint density at radius 2 is 2.07 bits per heavy atom. The highest BCUT2D eigenvalue weighted by Crippen LogP contribution is 2.00. The summed E-state index contributed by atoms with van der Waals surface area (Å²) in [5.74, 6) is -0.0567. The third kappa shape index (κ3) is 4.78. The molecule has 0 aliphatic rings. The summed E-state index contributed by atoms with van der Waals surface area (Å²) in [4.78, 5) is 10.9. The van der Waals surface area contributed by atoms with Gasteiger partial charge in [0, 0.05) is 20.0 Å². The molecule has 0 aliphatic carbocycles. The van der Waals surface area contributed by atoms with Crippen LogP contribution in [0.25, 0.3) is 0 Å². The van der Waals surface area contributed by atoms with Gasteiger partial charge in [-0.15, -0.1) is 11.6 Å². The normalized spacial score (nSPS) is 11.7. The van der Waals surface area contributed by atoms with E-state index in [1.165, 1.54) is 14.1 Å². The molecule has 0 aliphatic heterocycles. The number of likely N-dealkylation sites (N-methyl/N-ethyl adjacent to an activating group) is 2. The van der Waals surface area contributed by atoms with E-state index in [2.05, 4.69) is 5.32 Å². The van der Waals surface area contributed by atoms with E-state index in [1.54, 1.807) is 0 Å². The second-order valence-corrected chi connectivity index (χ2v) is 5.36. The number of halogens is 1. The van der Waals surface area contributed by atoms with Crippen LogP contribution in [0.4, 0.5) is 0 Å². The average Bonchev–Trinajstić information content (AvgIpc) is 2.14. The van der Waals surface area contributed by atoms with Crippen LogP contribution in [0.5, 0.6) is 0 Å². The Morgan fingerprint density at radius 3 is 2.50 bits per heavy atom. The fourth-order valence-electron chi connectivity index (χ4n) is 0.772.